The highest BCUT2D eigenvalue weighted by Gasteiger charge is 2.37. The number of halogens is 3. The average Bonchev–Trinajstić information content (AvgIpc) is 2.53. The molecule has 24 heavy (non-hydrogen) atoms. The zero-order valence-electron chi connectivity index (χ0n) is 12.8. The molecule has 0 radical (unpaired) electrons. The molecule has 0 aromatic heterocycles. The lowest BCUT2D eigenvalue weighted by molar-refractivity contribution is -0.138. The van der Waals surface area contributed by atoms with Crippen molar-refractivity contribution in [2.24, 2.45) is 5.73 Å². The third-order valence-electron chi connectivity index (χ3n) is 3.58. The van der Waals surface area contributed by atoms with Gasteiger partial charge in [-0.2, -0.15) is 18.4 Å². The van der Waals surface area contributed by atoms with E-state index in [2.05, 4.69) is 4.74 Å². The smallest absolute Gasteiger partial charge is 0.416 e. The summed E-state index contributed by atoms with van der Waals surface area (Å²) >= 11 is 0. The van der Waals surface area contributed by atoms with Crippen LogP contribution in [0.2, 0.25) is 0 Å². The third-order valence-corrected chi connectivity index (χ3v) is 3.58. The summed E-state index contributed by atoms with van der Waals surface area (Å²) in [6, 6.07) is 5.98. The topological polar surface area (TPSA) is 85.3 Å². The molecule has 1 aromatic carbocycles. The first kappa shape index (κ1) is 17.4. The van der Waals surface area contributed by atoms with Crippen molar-refractivity contribution in [1.29, 1.82) is 5.26 Å². The lowest BCUT2D eigenvalue weighted by Gasteiger charge is -2.26. The fraction of sp³-hybridized carbons (Fsp3) is 0.250. The van der Waals surface area contributed by atoms with Crippen molar-refractivity contribution in [3.63, 3.8) is 0 Å². The second-order valence-corrected chi connectivity index (χ2v) is 5.01. The molecule has 1 atom stereocenters. The van der Waals surface area contributed by atoms with Crippen molar-refractivity contribution < 1.29 is 27.4 Å². The van der Waals surface area contributed by atoms with Crippen LogP contribution in [0.4, 0.5) is 13.2 Å². The Morgan fingerprint density at radius 3 is 2.38 bits per heavy atom. The molecule has 1 unspecified atom stereocenters. The fourth-order valence-corrected chi connectivity index (χ4v) is 2.45. The zero-order valence-corrected chi connectivity index (χ0v) is 12.8. The molecule has 5 nitrogen and oxygen atoms in total. The Balaban J connectivity index is 2.59. The molecule has 0 spiro atoms. The molecule has 0 amide bonds. The Morgan fingerprint density at radius 2 is 1.92 bits per heavy atom. The first-order chi connectivity index (χ1) is 11.2. The number of benzene rings is 1. The van der Waals surface area contributed by atoms with E-state index in [1.165, 1.54) is 19.1 Å². The van der Waals surface area contributed by atoms with Crippen LogP contribution >= 0.6 is 0 Å². The number of ether oxygens (including phenoxy) is 2. The Hall–Kier alpha value is -2.95. The maximum atomic E-state index is 12.7. The van der Waals surface area contributed by atoms with E-state index in [1.54, 1.807) is 0 Å². The number of hydrogen-bond donors (Lipinski definition) is 1. The van der Waals surface area contributed by atoms with Gasteiger partial charge in [-0.3, -0.25) is 0 Å². The lowest BCUT2D eigenvalue weighted by atomic mass is 9.83. The summed E-state index contributed by atoms with van der Waals surface area (Å²) in [5.74, 6) is -1.79. The summed E-state index contributed by atoms with van der Waals surface area (Å²) in [5, 5.41) is 9.31. The van der Waals surface area contributed by atoms with Crippen LogP contribution in [0.1, 0.15) is 24.0 Å². The fourth-order valence-electron chi connectivity index (χ4n) is 2.45. The summed E-state index contributed by atoms with van der Waals surface area (Å²) in [6.45, 7) is 1.46. The molecule has 1 aliphatic heterocycles. The highest BCUT2D eigenvalue weighted by molar-refractivity contribution is 5.92. The molecule has 1 aromatic rings. The zero-order chi connectivity index (χ0) is 18.1. The Kier molecular flexibility index (Phi) is 4.55. The largest absolute Gasteiger partial charge is 0.466 e. The van der Waals surface area contributed by atoms with Gasteiger partial charge in [-0.05, 0) is 24.6 Å². The number of hydrogen-bond acceptors (Lipinski definition) is 5. The first-order valence-corrected chi connectivity index (χ1v) is 6.74. The molecule has 0 bridgehead atoms. The van der Waals surface area contributed by atoms with E-state index in [9.17, 15) is 23.2 Å². The van der Waals surface area contributed by atoms with Gasteiger partial charge in [-0.15, -0.1) is 0 Å². The van der Waals surface area contributed by atoms with Gasteiger partial charge in [0.1, 0.15) is 17.4 Å². The molecule has 2 N–H and O–H groups in total. The molecule has 8 heteroatoms. The molecular formula is C16H13F3N2O3. The summed E-state index contributed by atoms with van der Waals surface area (Å²) in [5.41, 5.74) is 5.09. The van der Waals surface area contributed by atoms with Crippen molar-refractivity contribution in [1.82, 2.24) is 0 Å². The molecule has 0 saturated heterocycles. The predicted molar refractivity (Wildman–Crippen MR) is 76.8 cm³/mol. The van der Waals surface area contributed by atoms with Gasteiger partial charge in [0.05, 0.1) is 24.2 Å². The average molecular weight is 338 g/mol. The molecule has 0 aliphatic carbocycles. The van der Waals surface area contributed by atoms with Crippen LogP contribution in [0, 0.1) is 11.3 Å². The predicted octanol–water partition coefficient (Wildman–Crippen LogP) is 2.96. The number of rotatable bonds is 2. The summed E-state index contributed by atoms with van der Waals surface area (Å²) in [6.07, 6.45) is -4.49. The van der Waals surface area contributed by atoms with Crippen LogP contribution in [-0.4, -0.2) is 13.1 Å². The van der Waals surface area contributed by atoms with E-state index >= 15 is 0 Å². The van der Waals surface area contributed by atoms with Crippen LogP contribution in [0.15, 0.2) is 47.1 Å². The number of nitrogens with zero attached hydrogens (tertiary/aromatic N) is 1. The molecule has 0 fully saturated rings. The van der Waals surface area contributed by atoms with E-state index < -0.39 is 23.6 Å². The van der Waals surface area contributed by atoms with Crippen LogP contribution in [-0.2, 0) is 20.4 Å². The number of esters is 1. The monoisotopic (exact) mass is 338 g/mol. The van der Waals surface area contributed by atoms with Crippen LogP contribution in [0.5, 0.6) is 0 Å². The minimum absolute atomic E-state index is 0.0167. The SMILES string of the molecule is COC(=O)C1=C(C)OC(N)=C(C#N)C1c1ccc(C(F)(F)F)cc1. The third kappa shape index (κ3) is 3.06. The van der Waals surface area contributed by atoms with Crippen molar-refractivity contribution in [2.45, 2.75) is 19.0 Å². The normalized spacial score (nSPS) is 18.1. The second-order valence-electron chi connectivity index (χ2n) is 5.01. The van der Waals surface area contributed by atoms with E-state index in [0.717, 1.165) is 19.2 Å². The van der Waals surface area contributed by atoms with Gasteiger partial charge >= 0.3 is 12.1 Å². The van der Waals surface area contributed by atoms with Crippen molar-refractivity contribution in [2.75, 3.05) is 7.11 Å². The Morgan fingerprint density at radius 1 is 1.33 bits per heavy atom. The van der Waals surface area contributed by atoms with Crippen molar-refractivity contribution >= 4 is 5.97 Å². The lowest BCUT2D eigenvalue weighted by Crippen LogP contribution is -2.25. The van der Waals surface area contributed by atoms with Gasteiger partial charge in [0, 0.05) is 0 Å². The first-order valence-electron chi connectivity index (χ1n) is 6.74. The number of nitriles is 1. The molecule has 2 rings (SSSR count). The number of methoxy groups -OCH3 is 1. The number of alkyl halides is 3. The van der Waals surface area contributed by atoms with Gasteiger partial charge in [0.2, 0.25) is 5.88 Å². The van der Waals surface area contributed by atoms with Crippen LogP contribution in [0.3, 0.4) is 0 Å². The standard InChI is InChI=1S/C16H13F3N2O3/c1-8-12(15(22)23-2)13(11(7-20)14(21)24-8)9-3-5-10(6-4-9)16(17,18)19/h3-6,13H,21H2,1-2H3. The number of allylic oxidation sites excluding steroid dienone is 2. The van der Waals surface area contributed by atoms with Gasteiger partial charge in [-0.1, -0.05) is 12.1 Å². The number of carbonyl (C=O) groups excluding carboxylic acids is 1. The molecule has 1 heterocycles. The van der Waals surface area contributed by atoms with Crippen LogP contribution in [0.25, 0.3) is 0 Å². The van der Waals surface area contributed by atoms with E-state index in [0.29, 0.717) is 5.56 Å². The summed E-state index contributed by atoms with van der Waals surface area (Å²) in [7, 11) is 1.15. The minimum Gasteiger partial charge on any atom is -0.466 e. The maximum Gasteiger partial charge on any atom is 0.416 e. The highest BCUT2D eigenvalue weighted by atomic mass is 19.4. The molecule has 0 saturated carbocycles. The van der Waals surface area contributed by atoms with Gasteiger partial charge in [-0.25, -0.2) is 4.79 Å². The van der Waals surface area contributed by atoms with Gasteiger partial charge in [0.15, 0.2) is 0 Å². The maximum absolute atomic E-state index is 12.7. The summed E-state index contributed by atoms with van der Waals surface area (Å²) < 4.78 is 48.0. The summed E-state index contributed by atoms with van der Waals surface area (Å²) in [4.78, 5) is 12.0. The Bertz CT molecular complexity index is 771. The quantitative estimate of drug-likeness (QED) is 0.838. The van der Waals surface area contributed by atoms with Crippen LogP contribution < -0.4 is 5.73 Å². The second kappa shape index (κ2) is 6.28. The minimum atomic E-state index is -4.49. The molecule has 1 aliphatic rings. The van der Waals surface area contributed by atoms with Crippen molar-refractivity contribution in [3.05, 3.63) is 58.2 Å². The Labute approximate surface area is 135 Å². The van der Waals surface area contributed by atoms with Gasteiger partial charge < -0.3 is 15.2 Å². The van der Waals surface area contributed by atoms with E-state index in [4.69, 9.17) is 10.5 Å². The van der Waals surface area contributed by atoms with E-state index in [1.807, 2.05) is 6.07 Å². The van der Waals surface area contributed by atoms with E-state index in [-0.39, 0.29) is 22.8 Å². The molecular weight excluding hydrogens is 325 g/mol. The van der Waals surface area contributed by atoms with Gasteiger partial charge in [0.25, 0.3) is 0 Å². The molecule has 126 valence electrons. The number of nitrogens with two attached hydrogens (primary N) is 1. The van der Waals surface area contributed by atoms with Crippen molar-refractivity contribution in [3.8, 4) is 6.07 Å². The highest BCUT2D eigenvalue weighted by Crippen LogP contribution is 2.40. The number of carbonyl (C=O) groups is 1.